The highest BCUT2D eigenvalue weighted by molar-refractivity contribution is 7.89. The Bertz CT molecular complexity index is 774. The van der Waals surface area contributed by atoms with Gasteiger partial charge in [0.15, 0.2) is 5.03 Å². The molecule has 0 unspecified atom stereocenters. The van der Waals surface area contributed by atoms with Crippen molar-refractivity contribution in [3.63, 3.8) is 0 Å². The number of sulfonamides is 1. The lowest BCUT2D eigenvalue weighted by Crippen LogP contribution is -2.36. The van der Waals surface area contributed by atoms with E-state index in [1.807, 2.05) is 0 Å². The van der Waals surface area contributed by atoms with Gasteiger partial charge in [-0.05, 0) is 12.5 Å². The SMILES string of the molecule is Cc1ccc([N+](=O)[O-])cc1S(=O)(=O)N1CCN/C1=N\[N+](=O)[O-]. The molecule has 1 aromatic carbocycles. The molecule has 0 aromatic heterocycles. The van der Waals surface area contributed by atoms with Gasteiger partial charge in [-0.25, -0.2) is 22.8 Å². The molecule has 0 aliphatic carbocycles. The minimum atomic E-state index is -4.19. The van der Waals surface area contributed by atoms with Crippen LogP contribution in [-0.4, -0.2) is 41.7 Å². The molecule has 0 saturated carbocycles. The van der Waals surface area contributed by atoms with E-state index >= 15 is 0 Å². The maximum absolute atomic E-state index is 12.6. The molecule has 22 heavy (non-hydrogen) atoms. The van der Waals surface area contributed by atoms with E-state index in [-0.39, 0.29) is 29.2 Å². The highest BCUT2D eigenvalue weighted by atomic mass is 32.2. The van der Waals surface area contributed by atoms with Gasteiger partial charge >= 0.3 is 0 Å². The van der Waals surface area contributed by atoms with Crippen LogP contribution in [0.4, 0.5) is 5.69 Å². The highest BCUT2D eigenvalue weighted by Gasteiger charge is 2.35. The summed E-state index contributed by atoms with van der Waals surface area (Å²) in [6.45, 7) is 1.57. The van der Waals surface area contributed by atoms with Crippen molar-refractivity contribution < 1.29 is 18.4 Å². The molecule has 0 bridgehead atoms. The highest BCUT2D eigenvalue weighted by Crippen LogP contribution is 2.25. The fraction of sp³-hybridized carbons (Fsp3) is 0.300. The van der Waals surface area contributed by atoms with Crippen molar-refractivity contribution in [3.8, 4) is 0 Å². The number of hydrazone groups is 1. The maximum atomic E-state index is 12.6. The van der Waals surface area contributed by atoms with Gasteiger partial charge in [-0.15, -0.1) is 0 Å². The van der Waals surface area contributed by atoms with Crippen molar-refractivity contribution in [2.24, 2.45) is 5.10 Å². The van der Waals surface area contributed by atoms with E-state index in [1.54, 1.807) is 0 Å². The molecule has 1 N–H and O–H groups in total. The number of nitrogens with one attached hydrogen (secondary N) is 1. The van der Waals surface area contributed by atoms with Gasteiger partial charge in [0, 0.05) is 18.7 Å². The van der Waals surface area contributed by atoms with Gasteiger partial charge in [0.2, 0.25) is 0 Å². The molecule has 1 saturated heterocycles. The fourth-order valence-corrected chi connectivity index (χ4v) is 3.60. The first-order valence-electron chi connectivity index (χ1n) is 5.98. The van der Waals surface area contributed by atoms with E-state index in [0.717, 1.165) is 10.4 Å². The van der Waals surface area contributed by atoms with Gasteiger partial charge in [0.05, 0.1) is 16.4 Å². The van der Waals surface area contributed by atoms with E-state index in [2.05, 4.69) is 10.4 Å². The maximum Gasteiger partial charge on any atom is 0.285 e. The Morgan fingerprint density at radius 1 is 1.32 bits per heavy atom. The Kier molecular flexibility index (Phi) is 3.95. The van der Waals surface area contributed by atoms with Crippen molar-refractivity contribution in [1.82, 2.24) is 9.62 Å². The Morgan fingerprint density at radius 2 is 2.00 bits per heavy atom. The minimum Gasteiger partial charge on any atom is -0.348 e. The number of rotatable bonds is 4. The summed E-state index contributed by atoms with van der Waals surface area (Å²) in [7, 11) is -4.19. The normalized spacial score (nSPS) is 16.6. The lowest BCUT2D eigenvalue weighted by Gasteiger charge is -2.17. The molecule has 0 amide bonds. The smallest absolute Gasteiger partial charge is 0.285 e. The first-order chi connectivity index (χ1) is 10.2. The third-order valence-corrected chi connectivity index (χ3v) is 4.89. The van der Waals surface area contributed by atoms with E-state index in [0.29, 0.717) is 0 Å². The standard InChI is InChI=1S/C10H11N5O6S/c1-7-2-3-8(14(16)17)6-9(7)22(20,21)13-5-4-11-10(13)12-15(18)19/h2-3,6H,4-5H2,1H3,(H,11,12). The Hall–Kier alpha value is -2.76. The molecule has 0 spiro atoms. The van der Waals surface area contributed by atoms with Crippen molar-refractivity contribution in [2.75, 3.05) is 13.1 Å². The van der Waals surface area contributed by atoms with E-state index < -0.39 is 25.9 Å². The Balaban J connectivity index is 2.53. The van der Waals surface area contributed by atoms with Crippen LogP contribution < -0.4 is 5.32 Å². The predicted octanol–water partition coefficient (Wildman–Crippen LogP) is 0.0448. The fourth-order valence-electron chi connectivity index (χ4n) is 1.96. The molecular formula is C10H11N5O6S. The van der Waals surface area contributed by atoms with E-state index in [4.69, 9.17) is 0 Å². The summed E-state index contributed by atoms with van der Waals surface area (Å²) in [5.74, 6) is -0.420. The third-order valence-electron chi connectivity index (χ3n) is 2.96. The largest absolute Gasteiger partial charge is 0.348 e. The van der Waals surface area contributed by atoms with Gasteiger partial charge in [-0.2, -0.15) is 0 Å². The Morgan fingerprint density at radius 3 is 2.59 bits per heavy atom. The summed E-state index contributed by atoms with van der Waals surface area (Å²) in [6.07, 6.45) is 0. The van der Waals surface area contributed by atoms with Crippen LogP contribution in [-0.2, 0) is 10.0 Å². The van der Waals surface area contributed by atoms with Crippen LogP contribution in [0.1, 0.15) is 5.56 Å². The zero-order valence-corrected chi connectivity index (χ0v) is 12.1. The third kappa shape index (κ3) is 2.81. The number of guanidine groups is 1. The molecule has 11 nitrogen and oxygen atoms in total. The molecule has 0 radical (unpaired) electrons. The number of nitro benzene ring substituents is 1. The topological polar surface area (TPSA) is 148 Å². The summed E-state index contributed by atoms with van der Waals surface area (Å²) in [6, 6.07) is 3.41. The number of hydrogen-bond donors (Lipinski definition) is 1. The second kappa shape index (κ2) is 5.55. The minimum absolute atomic E-state index is 0.0584. The quantitative estimate of drug-likeness (QED) is 0.605. The van der Waals surface area contributed by atoms with Gasteiger partial charge < -0.3 is 5.32 Å². The van der Waals surface area contributed by atoms with Gasteiger partial charge in [-0.1, -0.05) is 6.07 Å². The first-order valence-corrected chi connectivity index (χ1v) is 7.42. The van der Waals surface area contributed by atoms with Crippen molar-refractivity contribution in [2.45, 2.75) is 11.8 Å². The van der Waals surface area contributed by atoms with Gasteiger partial charge in [-0.3, -0.25) is 10.1 Å². The van der Waals surface area contributed by atoms with Crippen LogP contribution in [0.5, 0.6) is 0 Å². The summed E-state index contributed by atoms with van der Waals surface area (Å²) in [5.41, 5.74) is -0.0953. The van der Waals surface area contributed by atoms with E-state index in [9.17, 15) is 28.6 Å². The van der Waals surface area contributed by atoms with Crippen molar-refractivity contribution in [1.29, 1.82) is 0 Å². The molecule has 1 aliphatic heterocycles. The number of nitrogens with zero attached hydrogens (tertiary/aromatic N) is 4. The lowest BCUT2D eigenvalue weighted by molar-refractivity contribution is -0.485. The number of non-ortho nitro benzene ring substituents is 1. The zero-order chi connectivity index (χ0) is 16.5. The second-order valence-corrected chi connectivity index (χ2v) is 6.20. The molecule has 1 fully saturated rings. The van der Waals surface area contributed by atoms with Crippen LogP contribution in [0.15, 0.2) is 28.2 Å². The summed E-state index contributed by atoms with van der Waals surface area (Å²) in [5, 5.41) is 25.7. The average Bonchev–Trinajstić information content (AvgIpc) is 2.86. The molecule has 1 aromatic rings. The molecule has 2 rings (SSSR count). The number of benzene rings is 1. The number of hydrogen-bond acceptors (Lipinski definition) is 6. The molecule has 118 valence electrons. The molecule has 1 heterocycles. The lowest BCUT2D eigenvalue weighted by atomic mass is 10.2. The van der Waals surface area contributed by atoms with Crippen LogP contribution in [0.3, 0.4) is 0 Å². The number of aryl methyl sites for hydroxylation is 1. The molecule has 0 atom stereocenters. The van der Waals surface area contributed by atoms with Crippen LogP contribution >= 0.6 is 0 Å². The first kappa shape index (κ1) is 15.6. The van der Waals surface area contributed by atoms with E-state index in [1.165, 1.54) is 19.1 Å². The second-order valence-electron chi connectivity index (χ2n) is 4.37. The molecule has 1 aliphatic rings. The molecule has 12 heteroatoms. The van der Waals surface area contributed by atoms with Gasteiger partial charge in [0.1, 0.15) is 5.10 Å². The summed E-state index contributed by atoms with van der Waals surface area (Å²) < 4.78 is 25.9. The summed E-state index contributed by atoms with van der Waals surface area (Å²) in [4.78, 5) is 20.2. The summed E-state index contributed by atoms with van der Waals surface area (Å²) >= 11 is 0. The molecular weight excluding hydrogens is 318 g/mol. The van der Waals surface area contributed by atoms with Crippen LogP contribution in [0, 0.1) is 27.2 Å². The zero-order valence-electron chi connectivity index (χ0n) is 11.3. The van der Waals surface area contributed by atoms with Crippen molar-refractivity contribution in [3.05, 3.63) is 44.0 Å². The Labute approximate surface area is 124 Å². The average molecular weight is 329 g/mol. The predicted molar refractivity (Wildman–Crippen MR) is 74.2 cm³/mol. The van der Waals surface area contributed by atoms with Crippen molar-refractivity contribution >= 4 is 21.7 Å². The van der Waals surface area contributed by atoms with Crippen LogP contribution in [0.2, 0.25) is 0 Å². The number of nitro groups is 2. The van der Waals surface area contributed by atoms with Crippen LogP contribution in [0.25, 0.3) is 0 Å². The van der Waals surface area contributed by atoms with Gasteiger partial charge in [0.25, 0.3) is 21.7 Å². The monoisotopic (exact) mass is 329 g/mol.